The standard InChI is InChI=1S/C20H25FN2O2/c1-23(2)19(16-7-11-18(25-3)12-8-16)14-22-20(24)13-6-15-4-9-17(21)10-5-15/h4-5,7-12,19H,6,13-14H2,1-3H3,(H,22,24). The maximum atomic E-state index is 12.9. The van der Waals surface area contributed by atoms with Gasteiger partial charge in [-0.25, -0.2) is 4.39 Å². The lowest BCUT2D eigenvalue weighted by atomic mass is 10.1. The SMILES string of the molecule is COc1ccc(C(CNC(=O)CCc2ccc(F)cc2)N(C)C)cc1. The maximum Gasteiger partial charge on any atom is 0.220 e. The third-order valence-corrected chi connectivity index (χ3v) is 4.17. The number of aryl methyl sites for hydroxylation is 1. The number of carbonyl (C=O) groups is 1. The van der Waals surface area contributed by atoms with E-state index in [1.54, 1.807) is 19.2 Å². The van der Waals surface area contributed by atoms with Crippen molar-refractivity contribution in [1.29, 1.82) is 0 Å². The number of hydrogen-bond acceptors (Lipinski definition) is 3. The second-order valence-electron chi connectivity index (χ2n) is 6.18. The molecule has 25 heavy (non-hydrogen) atoms. The molecular weight excluding hydrogens is 319 g/mol. The molecule has 1 amide bonds. The number of benzene rings is 2. The Balaban J connectivity index is 1.87. The monoisotopic (exact) mass is 344 g/mol. The summed E-state index contributed by atoms with van der Waals surface area (Å²) in [5.41, 5.74) is 2.07. The van der Waals surface area contributed by atoms with Gasteiger partial charge in [0, 0.05) is 13.0 Å². The van der Waals surface area contributed by atoms with Crippen LogP contribution < -0.4 is 10.1 Å². The first kappa shape index (κ1) is 18.9. The van der Waals surface area contributed by atoms with E-state index in [4.69, 9.17) is 4.74 Å². The molecule has 0 heterocycles. The predicted octanol–water partition coefficient (Wildman–Crippen LogP) is 3.19. The Morgan fingerprint density at radius 1 is 1.12 bits per heavy atom. The molecule has 5 heteroatoms. The van der Waals surface area contributed by atoms with Crippen LogP contribution in [0.1, 0.15) is 23.6 Å². The van der Waals surface area contributed by atoms with E-state index < -0.39 is 0 Å². The zero-order valence-corrected chi connectivity index (χ0v) is 15.0. The van der Waals surface area contributed by atoms with E-state index in [2.05, 4.69) is 10.2 Å². The van der Waals surface area contributed by atoms with Crippen LogP contribution in [0.5, 0.6) is 5.75 Å². The number of nitrogens with one attached hydrogen (secondary N) is 1. The summed E-state index contributed by atoms with van der Waals surface area (Å²) in [7, 11) is 5.61. The van der Waals surface area contributed by atoms with Gasteiger partial charge in [0.05, 0.1) is 13.2 Å². The number of amides is 1. The van der Waals surface area contributed by atoms with Crippen LogP contribution in [0.25, 0.3) is 0 Å². The molecule has 1 unspecified atom stereocenters. The van der Waals surface area contributed by atoms with Gasteiger partial charge in [0.1, 0.15) is 11.6 Å². The van der Waals surface area contributed by atoms with Crippen LogP contribution >= 0.6 is 0 Å². The van der Waals surface area contributed by atoms with Crippen molar-refractivity contribution in [3.05, 3.63) is 65.5 Å². The summed E-state index contributed by atoms with van der Waals surface area (Å²) in [6.07, 6.45) is 0.982. The average Bonchev–Trinajstić information content (AvgIpc) is 2.61. The average molecular weight is 344 g/mol. The fourth-order valence-corrected chi connectivity index (χ4v) is 2.63. The van der Waals surface area contributed by atoms with Crippen molar-refractivity contribution >= 4 is 5.91 Å². The van der Waals surface area contributed by atoms with Gasteiger partial charge in [0.2, 0.25) is 5.91 Å². The molecule has 2 rings (SSSR count). The lowest BCUT2D eigenvalue weighted by Gasteiger charge is -2.25. The predicted molar refractivity (Wildman–Crippen MR) is 97.2 cm³/mol. The van der Waals surface area contributed by atoms with Crippen LogP contribution in [0, 0.1) is 5.82 Å². The lowest BCUT2D eigenvalue weighted by Crippen LogP contribution is -2.34. The summed E-state index contributed by atoms with van der Waals surface area (Å²) in [5.74, 6) is 0.538. The van der Waals surface area contributed by atoms with E-state index in [-0.39, 0.29) is 17.8 Å². The minimum atomic E-state index is -0.262. The zero-order valence-electron chi connectivity index (χ0n) is 15.0. The number of likely N-dealkylation sites (N-methyl/N-ethyl adjacent to an activating group) is 1. The number of hydrogen-bond donors (Lipinski definition) is 1. The van der Waals surface area contributed by atoms with Crippen molar-refractivity contribution in [2.45, 2.75) is 18.9 Å². The maximum absolute atomic E-state index is 12.9. The van der Waals surface area contributed by atoms with Crippen LogP contribution in [0.4, 0.5) is 4.39 Å². The summed E-state index contributed by atoms with van der Waals surface area (Å²) in [4.78, 5) is 14.2. The highest BCUT2D eigenvalue weighted by Gasteiger charge is 2.15. The molecule has 0 aliphatic rings. The smallest absolute Gasteiger partial charge is 0.220 e. The number of nitrogens with zero attached hydrogens (tertiary/aromatic N) is 1. The largest absolute Gasteiger partial charge is 0.497 e. The quantitative estimate of drug-likeness (QED) is 0.800. The normalized spacial score (nSPS) is 12.0. The second kappa shape index (κ2) is 9.18. The number of halogens is 1. The molecule has 0 saturated carbocycles. The minimum Gasteiger partial charge on any atom is -0.497 e. The van der Waals surface area contributed by atoms with Crippen molar-refractivity contribution in [2.24, 2.45) is 0 Å². The number of methoxy groups -OCH3 is 1. The van der Waals surface area contributed by atoms with Crippen molar-refractivity contribution in [3.63, 3.8) is 0 Å². The molecule has 2 aromatic carbocycles. The molecule has 0 fully saturated rings. The van der Waals surface area contributed by atoms with E-state index in [1.807, 2.05) is 38.4 Å². The summed E-state index contributed by atoms with van der Waals surface area (Å²) in [5, 5.41) is 2.99. The van der Waals surface area contributed by atoms with Crippen molar-refractivity contribution < 1.29 is 13.9 Å². The Labute approximate surface area is 148 Å². The van der Waals surface area contributed by atoms with Gasteiger partial charge in [-0.1, -0.05) is 24.3 Å². The highest BCUT2D eigenvalue weighted by molar-refractivity contribution is 5.76. The first-order valence-electron chi connectivity index (χ1n) is 8.31. The van der Waals surface area contributed by atoms with Gasteiger partial charge < -0.3 is 15.0 Å². The molecular formula is C20H25FN2O2. The zero-order chi connectivity index (χ0) is 18.2. The Morgan fingerprint density at radius 2 is 1.76 bits per heavy atom. The topological polar surface area (TPSA) is 41.6 Å². The lowest BCUT2D eigenvalue weighted by molar-refractivity contribution is -0.121. The Morgan fingerprint density at radius 3 is 2.32 bits per heavy atom. The molecule has 1 N–H and O–H groups in total. The molecule has 2 aromatic rings. The number of carbonyl (C=O) groups excluding carboxylic acids is 1. The molecule has 0 bridgehead atoms. The Kier molecular flexibility index (Phi) is 6.95. The highest BCUT2D eigenvalue weighted by atomic mass is 19.1. The van der Waals surface area contributed by atoms with Crippen molar-refractivity contribution in [1.82, 2.24) is 10.2 Å². The van der Waals surface area contributed by atoms with Gasteiger partial charge >= 0.3 is 0 Å². The van der Waals surface area contributed by atoms with Crippen LogP contribution in [-0.2, 0) is 11.2 Å². The van der Waals surface area contributed by atoms with E-state index in [0.717, 1.165) is 16.9 Å². The fraction of sp³-hybridized carbons (Fsp3) is 0.350. The molecule has 0 aromatic heterocycles. The molecule has 4 nitrogen and oxygen atoms in total. The molecule has 0 aliphatic carbocycles. The van der Waals surface area contributed by atoms with Crippen LogP contribution in [0.3, 0.4) is 0 Å². The van der Waals surface area contributed by atoms with Gasteiger partial charge in [-0.15, -0.1) is 0 Å². The molecule has 0 radical (unpaired) electrons. The first-order chi connectivity index (χ1) is 12.0. The fourth-order valence-electron chi connectivity index (χ4n) is 2.63. The number of ether oxygens (including phenoxy) is 1. The third kappa shape index (κ3) is 5.87. The molecule has 0 spiro atoms. The highest BCUT2D eigenvalue weighted by Crippen LogP contribution is 2.20. The van der Waals surface area contributed by atoms with Gasteiger partial charge in [-0.3, -0.25) is 4.79 Å². The van der Waals surface area contributed by atoms with Gasteiger partial charge in [0.15, 0.2) is 0 Å². The summed E-state index contributed by atoms with van der Waals surface area (Å²) in [6.45, 7) is 0.529. The summed E-state index contributed by atoms with van der Waals surface area (Å²) < 4.78 is 18.1. The first-order valence-corrected chi connectivity index (χ1v) is 8.31. The van der Waals surface area contributed by atoms with E-state index in [9.17, 15) is 9.18 Å². The van der Waals surface area contributed by atoms with Gasteiger partial charge in [-0.2, -0.15) is 0 Å². The van der Waals surface area contributed by atoms with Crippen LogP contribution in [-0.4, -0.2) is 38.6 Å². The third-order valence-electron chi connectivity index (χ3n) is 4.17. The second-order valence-corrected chi connectivity index (χ2v) is 6.18. The van der Waals surface area contributed by atoms with Crippen LogP contribution in [0.15, 0.2) is 48.5 Å². The van der Waals surface area contributed by atoms with Crippen LogP contribution in [0.2, 0.25) is 0 Å². The molecule has 0 saturated heterocycles. The Hall–Kier alpha value is -2.40. The Bertz CT molecular complexity index is 669. The molecule has 134 valence electrons. The van der Waals surface area contributed by atoms with Gasteiger partial charge in [-0.05, 0) is 55.9 Å². The summed E-state index contributed by atoms with van der Waals surface area (Å²) in [6, 6.07) is 14.2. The minimum absolute atomic E-state index is 0.00955. The molecule has 0 aliphatic heterocycles. The van der Waals surface area contributed by atoms with E-state index >= 15 is 0 Å². The van der Waals surface area contributed by atoms with E-state index in [0.29, 0.717) is 19.4 Å². The van der Waals surface area contributed by atoms with Crippen molar-refractivity contribution in [2.75, 3.05) is 27.7 Å². The number of rotatable bonds is 8. The van der Waals surface area contributed by atoms with Crippen molar-refractivity contribution in [3.8, 4) is 5.75 Å². The molecule has 1 atom stereocenters. The van der Waals surface area contributed by atoms with Gasteiger partial charge in [0.25, 0.3) is 0 Å². The van der Waals surface area contributed by atoms with E-state index in [1.165, 1.54) is 12.1 Å². The summed E-state index contributed by atoms with van der Waals surface area (Å²) >= 11 is 0.